The highest BCUT2D eigenvalue weighted by atomic mass is 79.9. The SMILES string of the molecule is O=C(CBr)NCC(S)c1ccc(Cl)cc1. The molecule has 0 aliphatic heterocycles. The van der Waals surface area contributed by atoms with Crippen LogP contribution in [-0.2, 0) is 4.79 Å². The van der Waals surface area contributed by atoms with Crippen LogP contribution < -0.4 is 5.32 Å². The van der Waals surface area contributed by atoms with E-state index in [2.05, 4.69) is 33.9 Å². The number of thiol groups is 1. The Labute approximate surface area is 108 Å². The van der Waals surface area contributed by atoms with Gasteiger partial charge in [0.1, 0.15) is 0 Å². The maximum absolute atomic E-state index is 11.0. The third kappa shape index (κ3) is 4.45. The second kappa shape index (κ2) is 6.40. The molecule has 1 atom stereocenters. The molecule has 0 heterocycles. The molecule has 0 saturated heterocycles. The summed E-state index contributed by atoms with van der Waals surface area (Å²) in [7, 11) is 0. The van der Waals surface area contributed by atoms with Gasteiger partial charge in [-0.1, -0.05) is 39.7 Å². The molecule has 15 heavy (non-hydrogen) atoms. The molecule has 1 amide bonds. The molecular weight excluding hydrogens is 298 g/mol. The fraction of sp³-hybridized carbons (Fsp3) is 0.300. The zero-order valence-electron chi connectivity index (χ0n) is 7.91. The van der Waals surface area contributed by atoms with Gasteiger partial charge in [0.2, 0.25) is 5.91 Å². The van der Waals surface area contributed by atoms with Crippen LogP contribution in [0.4, 0.5) is 0 Å². The molecule has 1 N–H and O–H groups in total. The highest BCUT2D eigenvalue weighted by Crippen LogP contribution is 2.20. The number of hydrogen-bond donors (Lipinski definition) is 2. The number of rotatable bonds is 4. The summed E-state index contributed by atoms with van der Waals surface area (Å²) in [4.78, 5) is 11.0. The number of hydrogen-bond acceptors (Lipinski definition) is 2. The Balaban J connectivity index is 2.50. The normalized spacial score (nSPS) is 12.2. The largest absolute Gasteiger partial charge is 0.354 e. The highest BCUT2D eigenvalue weighted by Gasteiger charge is 2.07. The van der Waals surface area contributed by atoms with Crippen molar-refractivity contribution in [1.29, 1.82) is 0 Å². The van der Waals surface area contributed by atoms with Crippen LogP contribution in [0.2, 0.25) is 5.02 Å². The van der Waals surface area contributed by atoms with Crippen molar-refractivity contribution in [3.05, 3.63) is 34.9 Å². The van der Waals surface area contributed by atoms with E-state index in [4.69, 9.17) is 11.6 Å². The topological polar surface area (TPSA) is 29.1 Å². The molecule has 82 valence electrons. The van der Waals surface area contributed by atoms with Gasteiger partial charge in [0.25, 0.3) is 0 Å². The van der Waals surface area contributed by atoms with Gasteiger partial charge in [-0.15, -0.1) is 0 Å². The molecule has 2 nitrogen and oxygen atoms in total. The minimum absolute atomic E-state index is 0.00901. The molecule has 0 bridgehead atoms. The van der Waals surface area contributed by atoms with Crippen LogP contribution in [-0.4, -0.2) is 17.8 Å². The summed E-state index contributed by atoms with van der Waals surface area (Å²) in [5, 5.41) is 3.75. The second-order valence-electron chi connectivity index (χ2n) is 3.01. The molecule has 5 heteroatoms. The third-order valence-corrected chi connectivity index (χ3v) is 3.11. The van der Waals surface area contributed by atoms with Crippen molar-refractivity contribution < 1.29 is 4.79 Å². The van der Waals surface area contributed by atoms with Crippen LogP contribution in [0.15, 0.2) is 24.3 Å². The van der Waals surface area contributed by atoms with E-state index >= 15 is 0 Å². The van der Waals surface area contributed by atoms with E-state index in [0.717, 1.165) is 5.56 Å². The summed E-state index contributed by atoms with van der Waals surface area (Å²) in [5.74, 6) is -0.0389. The molecule has 0 spiro atoms. The van der Waals surface area contributed by atoms with Gasteiger partial charge in [0.05, 0.1) is 5.33 Å². The lowest BCUT2D eigenvalue weighted by Crippen LogP contribution is -2.27. The monoisotopic (exact) mass is 307 g/mol. The number of halogens is 2. The van der Waals surface area contributed by atoms with Gasteiger partial charge in [-0.2, -0.15) is 12.6 Å². The van der Waals surface area contributed by atoms with Crippen LogP contribution in [0, 0.1) is 0 Å². The van der Waals surface area contributed by atoms with Gasteiger partial charge in [-0.05, 0) is 17.7 Å². The Morgan fingerprint density at radius 2 is 2.07 bits per heavy atom. The molecule has 0 saturated carbocycles. The molecule has 0 radical (unpaired) electrons. The van der Waals surface area contributed by atoms with E-state index < -0.39 is 0 Å². The van der Waals surface area contributed by atoms with Crippen molar-refractivity contribution in [2.45, 2.75) is 5.25 Å². The molecular formula is C10H11BrClNOS. The number of amides is 1. The average molecular weight is 309 g/mol. The van der Waals surface area contributed by atoms with E-state index in [1.807, 2.05) is 24.3 Å². The first-order valence-electron chi connectivity index (χ1n) is 4.39. The van der Waals surface area contributed by atoms with Crippen molar-refractivity contribution >= 4 is 46.1 Å². The maximum Gasteiger partial charge on any atom is 0.230 e. The highest BCUT2D eigenvalue weighted by molar-refractivity contribution is 9.09. The predicted molar refractivity (Wildman–Crippen MR) is 70.0 cm³/mol. The third-order valence-electron chi connectivity index (χ3n) is 1.87. The van der Waals surface area contributed by atoms with E-state index in [0.29, 0.717) is 16.9 Å². The van der Waals surface area contributed by atoms with E-state index in [9.17, 15) is 4.79 Å². The van der Waals surface area contributed by atoms with E-state index in [1.54, 1.807) is 0 Å². The van der Waals surface area contributed by atoms with Gasteiger partial charge in [-0.25, -0.2) is 0 Å². The van der Waals surface area contributed by atoms with Crippen LogP contribution in [0.3, 0.4) is 0 Å². The standard InChI is InChI=1S/C10H11BrClNOS/c11-5-10(14)13-6-9(15)7-1-3-8(12)4-2-7/h1-4,9,15H,5-6H2,(H,13,14). The van der Waals surface area contributed by atoms with Gasteiger partial charge < -0.3 is 5.32 Å². The summed E-state index contributed by atoms with van der Waals surface area (Å²) in [6.07, 6.45) is 0. The van der Waals surface area contributed by atoms with Gasteiger partial charge in [0.15, 0.2) is 0 Å². The van der Waals surface area contributed by atoms with E-state index in [1.165, 1.54) is 0 Å². The first-order valence-corrected chi connectivity index (χ1v) is 6.41. The van der Waals surface area contributed by atoms with Crippen molar-refractivity contribution in [2.24, 2.45) is 0 Å². The van der Waals surface area contributed by atoms with E-state index in [-0.39, 0.29) is 11.2 Å². The second-order valence-corrected chi connectivity index (χ2v) is 4.63. The Morgan fingerprint density at radius 1 is 1.47 bits per heavy atom. The number of benzene rings is 1. The summed E-state index contributed by atoms with van der Waals surface area (Å²) in [5.41, 5.74) is 1.04. The molecule has 0 aliphatic rings. The average Bonchev–Trinajstić information content (AvgIpc) is 2.26. The van der Waals surface area contributed by atoms with Crippen LogP contribution in [0.25, 0.3) is 0 Å². The molecule has 1 aromatic carbocycles. The van der Waals surface area contributed by atoms with Crippen LogP contribution in [0.1, 0.15) is 10.8 Å². The lowest BCUT2D eigenvalue weighted by Gasteiger charge is -2.11. The first kappa shape index (κ1) is 12.9. The van der Waals surface area contributed by atoms with Crippen molar-refractivity contribution in [2.75, 3.05) is 11.9 Å². The molecule has 0 aromatic heterocycles. The Hall–Kier alpha value is -0.190. The fourth-order valence-corrected chi connectivity index (χ4v) is 1.65. The smallest absolute Gasteiger partial charge is 0.230 e. The quantitative estimate of drug-likeness (QED) is 0.650. The Morgan fingerprint density at radius 3 is 2.60 bits per heavy atom. The lowest BCUT2D eigenvalue weighted by atomic mass is 10.1. The minimum atomic E-state index is -0.0389. The zero-order valence-corrected chi connectivity index (χ0v) is 11.1. The summed E-state index contributed by atoms with van der Waals surface area (Å²) >= 11 is 13.2. The Kier molecular flexibility index (Phi) is 5.50. The molecule has 1 rings (SSSR count). The number of alkyl halides is 1. The number of carbonyl (C=O) groups excluding carboxylic acids is 1. The predicted octanol–water partition coefficient (Wildman–Crippen LogP) is 2.82. The zero-order chi connectivity index (χ0) is 11.3. The number of nitrogens with one attached hydrogen (secondary N) is 1. The van der Waals surface area contributed by atoms with Gasteiger partial charge in [0, 0.05) is 16.8 Å². The summed E-state index contributed by atoms with van der Waals surface area (Å²) in [6, 6.07) is 7.43. The Bertz CT molecular complexity index is 331. The lowest BCUT2D eigenvalue weighted by molar-refractivity contribution is -0.118. The molecule has 0 aliphatic carbocycles. The minimum Gasteiger partial charge on any atom is -0.354 e. The maximum atomic E-state index is 11.0. The number of carbonyl (C=O) groups is 1. The molecule has 1 unspecified atom stereocenters. The fourth-order valence-electron chi connectivity index (χ4n) is 1.06. The van der Waals surface area contributed by atoms with Gasteiger partial charge >= 0.3 is 0 Å². The summed E-state index contributed by atoms with van der Waals surface area (Å²) < 4.78 is 0. The summed E-state index contributed by atoms with van der Waals surface area (Å²) in [6.45, 7) is 0.509. The van der Waals surface area contributed by atoms with Crippen molar-refractivity contribution in [1.82, 2.24) is 5.32 Å². The molecule has 1 aromatic rings. The molecule has 0 fully saturated rings. The van der Waals surface area contributed by atoms with Crippen molar-refractivity contribution in [3.63, 3.8) is 0 Å². The van der Waals surface area contributed by atoms with Crippen LogP contribution >= 0.6 is 40.2 Å². The van der Waals surface area contributed by atoms with Crippen LogP contribution in [0.5, 0.6) is 0 Å². The van der Waals surface area contributed by atoms with Crippen molar-refractivity contribution in [3.8, 4) is 0 Å². The van der Waals surface area contributed by atoms with Gasteiger partial charge in [-0.3, -0.25) is 4.79 Å². The first-order chi connectivity index (χ1) is 7.13.